The largest absolute Gasteiger partial charge is 0.394 e. The monoisotopic (exact) mass is 438 g/mol. The van der Waals surface area contributed by atoms with E-state index in [1.54, 1.807) is 12.1 Å². The molecule has 30 heavy (non-hydrogen) atoms. The number of ether oxygens (including phenoxy) is 2. The van der Waals surface area contributed by atoms with E-state index < -0.39 is 49.1 Å². The highest BCUT2D eigenvalue weighted by Gasteiger charge is 2.45. The molecule has 0 bridgehead atoms. The number of nitrogens with zero attached hydrogens (tertiary/aromatic N) is 2. The van der Waals surface area contributed by atoms with Crippen LogP contribution in [0.2, 0.25) is 5.02 Å². The Hall–Kier alpha value is -1.73. The van der Waals surface area contributed by atoms with E-state index in [-0.39, 0.29) is 12.0 Å². The van der Waals surface area contributed by atoms with Crippen LogP contribution in [0.1, 0.15) is 37.7 Å². The van der Waals surface area contributed by atoms with Crippen LogP contribution in [0.25, 0.3) is 0 Å². The van der Waals surface area contributed by atoms with E-state index in [4.69, 9.17) is 21.1 Å². The van der Waals surface area contributed by atoms with Crippen molar-refractivity contribution in [3.8, 4) is 6.07 Å². The van der Waals surface area contributed by atoms with Gasteiger partial charge in [-0.15, -0.1) is 0 Å². The molecule has 0 aromatic heterocycles. The first kappa shape index (κ1) is 22.9. The second kappa shape index (κ2) is 10.1. The van der Waals surface area contributed by atoms with E-state index in [0.29, 0.717) is 23.6 Å². The molecule has 0 radical (unpaired) electrons. The minimum Gasteiger partial charge on any atom is -0.394 e. The zero-order valence-corrected chi connectivity index (χ0v) is 17.5. The molecular formula is C21H27ClN2O6. The van der Waals surface area contributed by atoms with Gasteiger partial charge < -0.3 is 29.7 Å². The van der Waals surface area contributed by atoms with Crippen LogP contribution < -0.4 is 4.90 Å². The molecule has 8 nitrogen and oxygen atoms in total. The third-order valence-electron chi connectivity index (χ3n) is 5.84. The molecule has 164 valence electrons. The van der Waals surface area contributed by atoms with Gasteiger partial charge in [0.15, 0.2) is 6.10 Å². The molecule has 1 aromatic carbocycles. The van der Waals surface area contributed by atoms with Gasteiger partial charge in [0.2, 0.25) is 0 Å². The van der Waals surface area contributed by atoms with Crippen LogP contribution in [-0.4, -0.2) is 71.5 Å². The summed E-state index contributed by atoms with van der Waals surface area (Å²) in [6, 6.07) is 6.14. The summed E-state index contributed by atoms with van der Waals surface area (Å²) < 4.78 is 11.1. The highest BCUT2D eigenvalue weighted by molar-refractivity contribution is 6.31. The Kier molecular flexibility index (Phi) is 7.69. The molecule has 0 spiro atoms. The topological polar surface area (TPSA) is 123 Å². The lowest BCUT2D eigenvalue weighted by Gasteiger charge is -2.43. The third-order valence-corrected chi connectivity index (χ3v) is 6.06. The number of hydrogen-bond acceptors (Lipinski definition) is 7. The van der Waals surface area contributed by atoms with E-state index in [9.17, 15) is 25.4 Å². The fraction of sp³-hybridized carbons (Fsp3) is 0.619. The summed E-state index contributed by atoms with van der Waals surface area (Å²) >= 11 is 6.19. The summed E-state index contributed by atoms with van der Waals surface area (Å²) in [7, 11) is 1.42. The van der Waals surface area contributed by atoms with Crippen LogP contribution in [0.3, 0.4) is 0 Å². The van der Waals surface area contributed by atoms with Crippen molar-refractivity contribution in [2.45, 2.75) is 68.7 Å². The normalized spacial score (nSPS) is 31.7. The molecule has 3 N–H and O–H groups in total. The van der Waals surface area contributed by atoms with Crippen molar-refractivity contribution >= 4 is 23.2 Å². The maximum atomic E-state index is 13.7. The minimum absolute atomic E-state index is 0.123. The van der Waals surface area contributed by atoms with Crippen LogP contribution >= 0.6 is 11.6 Å². The summed E-state index contributed by atoms with van der Waals surface area (Å²) in [5.41, 5.74) is 0.678. The van der Waals surface area contributed by atoms with Crippen molar-refractivity contribution in [1.29, 1.82) is 5.26 Å². The molecule has 2 aliphatic rings. The first-order valence-corrected chi connectivity index (χ1v) is 10.5. The Labute approximate surface area is 180 Å². The lowest BCUT2D eigenvalue weighted by atomic mass is 9.89. The molecule has 6 atom stereocenters. The number of nitriles is 1. The van der Waals surface area contributed by atoms with Crippen molar-refractivity contribution in [2.75, 3.05) is 18.6 Å². The SMILES string of the molecule is COC1CC(O)C(CO)OC1C(=O)N(c1cc(Cl)cc(C#N)c1)[C@H]1CCCC[C@@H]1O. The third kappa shape index (κ3) is 4.78. The molecule has 1 aliphatic heterocycles. The summed E-state index contributed by atoms with van der Waals surface area (Å²) in [5, 5.41) is 40.0. The molecule has 1 amide bonds. The van der Waals surface area contributed by atoms with E-state index in [1.807, 2.05) is 6.07 Å². The first-order valence-electron chi connectivity index (χ1n) is 10.1. The van der Waals surface area contributed by atoms with E-state index in [2.05, 4.69) is 0 Å². The molecule has 9 heteroatoms. The van der Waals surface area contributed by atoms with E-state index >= 15 is 0 Å². The van der Waals surface area contributed by atoms with Gasteiger partial charge in [0.1, 0.15) is 6.10 Å². The predicted octanol–water partition coefficient (Wildman–Crippen LogP) is 1.37. The Morgan fingerprint density at radius 1 is 1.30 bits per heavy atom. The van der Waals surface area contributed by atoms with Gasteiger partial charge in [0.05, 0.1) is 42.6 Å². The average Bonchev–Trinajstić information content (AvgIpc) is 2.74. The quantitative estimate of drug-likeness (QED) is 0.634. The highest BCUT2D eigenvalue weighted by atomic mass is 35.5. The zero-order chi connectivity index (χ0) is 21.8. The number of benzene rings is 1. The first-order chi connectivity index (χ1) is 14.4. The Balaban J connectivity index is 2.02. The number of aliphatic hydroxyl groups excluding tert-OH is 3. The van der Waals surface area contributed by atoms with Crippen molar-refractivity contribution < 1.29 is 29.6 Å². The second-order valence-electron chi connectivity index (χ2n) is 7.79. The lowest BCUT2D eigenvalue weighted by Crippen LogP contribution is -2.59. The number of aliphatic hydroxyl groups is 3. The number of anilines is 1. The molecular weight excluding hydrogens is 412 g/mol. The van der Waals surface area contributed by atoms with Crippen molar-refractivity contribution in [2.24, 2.45) is 0 Å². The number of carbonyl (C=O) groups excluding carboxylic acids is 1. The van der Waals surface area contributed by atoms with Crippen molar-refractivity contribution in [1.82, 2.24) is 0 Å². The molecule has 1 saturated carbocycles. The maximum Gasteiger partial charge on any atom is 0.259 e. The number of hydrogen-bond donors (Lipinski definition) is 3. The number of carbonyl (C=O) groups is 1. The second-order valence-corrected chi connectivity index (χ2v) is 8.23. The standard InChI is InChI=1S/C21H27ClN2O6/c1-29-18-9-17(27)19(11-25)30-20(18)21(28)24(15-4-2-3-5-16(15)26)14-7-12(10-23)6-13(22)8-14/h6-8,15-20,25-27H,2-5,9,11H2,1H3/t15-,16-,17?,18?,19?,20?/m0/s1. The van der Waals surface area contributed by atoms with Gasteiger partial charge in [-0.1, -0.05) is 24.4 Å². The van der Waals surface area contributed by atoms with Gasteiger partial charge >= 0.3 is 0 Å². The van der Waals surface area contributed by atoms with Gasteiger partial charge in [-0.2, -0.15) is 5.26 Å². The molecule has 4 unspecified atom stereocenters. The van der Waals surface area contributed by atoms with Gasteiger partial charge in [-0.05, 0) is 31.0 Å². The van der Waals surface area contributed by atoms with Gasteiger partial charge in [-0.25, -0.2) is 0 Å². The van der Waals surface area contributed by atoms with Crippen LogP contribution in [0.4, 0.5) is 5.69 Å². The van der Waals surface area contributed by atoms with Crippen LogP contribution in [0, 0.1) is 11.3 Å². The van der Waals surface area contributed by atoms with Crippen LogP contribution in [-0.2, 0) is 14.3 Å². The maximum absolute atomic E-state index is 13.7. The minimum atomic E-state index is -1.09. The molecule has 1 aliphatic carbocycles. The number of amides is 1. The fourth-order valence-corrected chi connectivity index (χ4v) is 4.50. The van der Waals surface area contributed by atoms with Crippen molar-refractivity contribution in [3.63, 3.8) is 0 Å². The summed E-state index contributed by atoms with van der Waals surface area (Å²) in [4.78, 5) is 15.2. The smallest absolute Gasteiger partial charge is 0.259 e. The van der Waals surface area contributed by atoms with Gasteiger partial charge in [-0.3, -0.25) is 4.79 Å². The fourth-order valence-electron chi connectivity index (χ4n) is 4.27. The highest BCUT2D eigenvalue weighted by Crippen LogP contribution is 2.33. The van der Waals surface area contributed by atoms with Gasteiger partial charge in [0, 0.05) is 24.2 Å². The lowest BCUT2D eigenvalue weighted by molar-refractivity contribution is -0.191. The van der Waals surface area contributed by atoms with E-state index in [1.165, 1.54) is 18.1 Å². The Morgan fingerprint density at radius 2 is 2.03 bits per heavy atom. The Morgan fingerprint density at radius 3 is 2.67 bits per heavy atom. The summed E-state index contributed by atoms with van der Waals surface area (Å²) in [5.74, 6) is -0.468. The molecule has 1 heterocycles. The van der Waals surface area contributed by atoms with E-state index in [0.717, 1.165) is 12.8 Å². The van der Waals surface area contributed by atoms with Crippen molar-refractivity contribution in [3.05, 3.63) is 28.8 Å². The number of methoxy groups -OCH3 is 1. The zero-order valence-electron chi connectivity index (χ0n) is 16.8. The van der Waals surface area contributed by atoms with Crippen LogP contribution in [0.15, 0.2) is 18.2 Å². The van der Waals surface area contributed by atoms with Gasteiger partial charge in [0.25, 0.3) is 5.91 Å². The number of rotatable bonds is 5. The molecule has 1 saturated heterocycles. The predicted molar refractivity (Wildman–Crippen MR) is 109 cm³/mol. The molecule has 3 rings (SSSR count). The summed E-state index contributed by atoms with van der Waals surface area (Å²) in [6.45, 7) is -0.441. The summed E-state index contributed by atoms with van der Waals surface area (Å²) in [6.07, 6.45) is -1.48. The number of halogens is 1. The van der Waals surface area contributed by atoms with Crippen LogP contribution in [0.5, 0.6) is 0 Å². The Bertz CT molecular complexity index is 800. The molecule has 1 aromatic rings. The average molecular weight is 439 g/mol. The molecule has 2 fully saturated rings.